The van der Waals surface area contributed by atoms with E-state index in [-0.39, 0.29) is 6.42 Å². The molecule has 2 fully saturated rings. The van der Waals surface area contributed by atoms with Crippen LogP contribution in [0.3, 0.4) is 0 Å². The zero-order chi connectivity index (χ0) is 14.7. The molecule has 19 heavy (non-hydrogen) atoms. The van der Waals surface area contributed by atoms with Crippen molar-refractivity contribution >= 4 is 6.09 Å². The lowest BCUT2D eigenvalue weighted by molar-refractivity contribution is -0.0520. The normalized spacial score (nSPS) is 32.3. The van der Waals surface area contributed by atoms with Crippen molar-refractivity contribution in [2.45, 2.75) is 59.0 Å². The van der Waals surface area contributed by atoms with Crippen molar-refractivity contribution in [1.29, 1.82) is 0 Å². The molecule has 1 amide bonds. The van der Waals surface area contributed by atoms with E-state index in [9.17, 15) is 13.6 Å². The van der Waals surface area contributed by atoms with Gasteiger partial charge in [-0.25, -0.2) is 13.6 Å². The van der Waals surface area contributed by atoms with Crippen molar-refractivity contribution < 1.29 is 18.3 Å². The number of hydrogen-bond donors (Lipinski definition) is 0. The standard InChI is InChI=1S/C14H23F2NO2/c1-11(2,3)19-10(18)17-7-6-13(8-14(13,15)16)12(4,5)9-17/h6-9H2,1-5H3. The first-order valence-corrected chi connectivity index (χ1v) is 6.76. The Morgan fingerprint density at radius 1 is 1.26 bits per heavy atom. The van der Waals surface area contributed by atoms with Crippen LogP contribution in [-0.4, -0.2) is 35.6 Å². The molecule has 0 aromatic heterocycles. The minimum absolute atomic E-state index is 0.0465. The van der Waals surface area contributed by atoms with E-state index in [2.05, 4.69) is 0 Å². The van der Waals surface area contributed by atoms with Crippen LogP contribution in [0.1, 0.15) is 47.5 Å². The van der Waals surface area contributed by atoms with Gasteiger partial charge in [-0.3, -0.25) is 0 Å². The lowest BCUT2D eigenvalue weighted by Crippen LogP contribution is -2.52. The monoisotopic (exact) mass is 275 g/mol. The van der Waals surface area contributed by atoms with Crippen molar-refractivity contribution in [2.75, 3.05) is 13.1 Å². The molecule has 110 valence electrons. The van der Waals surface area contributed by atoms with E-state index in [4.69, 9.17) is 4.74 Å². The zero-order valence-corrected chi connectivity index (χ0v) is 12.3. The fourth-order valence-corrected chi connectivity index (χ4v) is 3.19. The number of hydrogen-bond acceptors (Lipinski definition) is 2. The van der Waals surface area contributed by atoms with Crippen LogP contribution in [0.25, 0.3) is 0 Å². The maximum atomic E-state index is 13.6. The Balaban J connectivity index is 2.06. The van der Waals surface area contributed by atoms with E-state index in [1.54, 1.807) is 25.7 Å². The molecule has 1 spiro atoms. The van der Waals surface area contributed by atoms with Crippen LogP contribution in [-0.2, 0) is 4.74 Å². The summed E-state index contributed by atoms with van der Waals surface area (Å²) in [5.41, 5.74) is -2.05. The summed E-state index contributed by atoms with van der Waals surface area (Å²) < 4.78 is 32.6. The largest absolute Gasteiger partial charge is 0.444 e. The molecule has 2 aliphatic rings. The topological polar surface area (TPSA) is 29.5 Å². The average Bonchev–Trinajstić information content (AvgIpc) is 2.72. The third kappa shape index (κ3) is 2.32. The van der Waals surface area contributed by atoms with E-state index in [1.807, 2.05) is 13.8 Å². The zero-order valence-electron chi connectivity index (χ0n) is 12.3. The van der Waals surface area contributed by atoms with E-state index < -0.39 is 28.4 Å². The van der Waals surface area contributed by atoms with Gasteiger partial charge in [0.1, 0.15) is 5.60 Å². The Morgan fingerprint density at radius 3 is 2.16 bits per heavy atom. The van der Waals surface area contributed by atoms with E-state index in [0.717, 1.165) is 0 Å². The maximum absolute atomic E-state index is 13.6. The second-order valence-electron chi connectivity index (χ2n) is 7.50. The molecule has 1 saturated carbocycles. The fourth-order valence-electron chi connectivity index (χ4n) is 3.19. The van der Waals surface area contributed by atoms with Gasteiger partial charge >= 0.3 is 6.09 Å². The van der Waals surface area contributed by atoms with Gasteiger partial charge in [0.05, 0.1) is 0 Å². The van der Waals surface area contributed by atoms with Gasteiger partial charge in [0.15, 0.2) is 0 Å². The predicted octanol–water partition coefficient (Wildman–Crippen LogP) is 3.68. The summed E-state index contributed by atoms with van der Waals surface area (Å²) in [6, 6.07) is 0. The first-order valence-electron chi connectivity index (χ1n) is 6.76. The quantitative estimate of drug-likeness (QED) is 0.675. The van der Waals surface area contributed by atoms with Gasteiger partial charge in [0, 0.05) is 24.9 Å². The molecule has 1 saturated heterocycles. The molecule has 5 heteroatoms. The molecule has 1 aliphatic heterocycles. The Bertz CT molecular complexity index is 401. The van der Waals surface area contributed by atoms with Crippen LogP contribution < -0.4 is 0 Å². The molecule has 2 rings (SSSR count). The molecule has 0 N–H and O–H groups in total. The third-order valence-corrected chi connectivity index (χ3v) is 4.44. The highest BCUT2D eigenvalue weighted by atomic mass is 19.3. The van der Waals surface area contributed by atoms with Gasteiger partial charge in [0.25, 0.3) is 5.92 Å². The van der Waals surface area contributed by atoms with Crippen LogP contribution in [0.5, 0.6) is 0 Å². The van der Waals surface area contributed by atoms with Gasteiger partial charge in [-0.05, 0) is 32.6 Å². The number of carbonyl (C=O) groups excluding carboxylic acids is 1. The third-order valence-electron chi connectivity index (χ3n) is 4.44. The van der Waals surface area contributed by atoms with Gasteiger partial charge in [0.2, 0.25) is 0 Å². The van der Waals surface area contributed by atoms with Gasteiger partial charge in [-0.2, -0.15) is 0 Å². The van der Waals surface area contributed by atoms with Crippen LogP contribution >= 0.6 is 0 Å². The molecule has 0 aromatic rings. The lowest BCUT2D eigenvalue weighted by Gasteiger charge is -2.45. The molecule has 1 atom stereocenters. The molecule has 1 unspecified atom stereocenters. The smallest absolute Gasteiger partial charge is 0.410 e. The SMILES string of the molecule is CC(C)(C)OC(=O)N1CCC2(CC2(F)F)C(C)(C)C1. The highest BCUT2D eigenvalue weighted by molar-refractivity contribution is 5.68. The summed E-state index contributed by atoms with van der Waals surface area (Å²) in [7, 11) is 0. The number of halogens is 2. The Hall–Kier alpha value is -0.870. The number of piperidine rings is 1. The molecular formula is C14H23F2NO2. The first-order chi connectivity index (χ1) is 8.40. The van der Waals surface area contributed by atoms with Gasteiger partial charge < -0.3 is 9.64 Å². The summed E-state index contributed by atoms with van der Waals surface area (Å²) in [6.45, 7) is 9.74. The second kappa shape index (κ2) is 3.83. The number of likely N-dealkylation sites (tertiary alicyclic amines) is 1. The summed E-state index contributed by atoms with van der Waals surface area (Å²) in [5, 5.41) is 0. The van der Waals surface area contributed by atoms with Gasteiger partial charge in [-0.1, -0.05) is 13.8 Å². The van der Waals surface area contributed by atoms with Crippen LogP contribution in [0.15, 0.2) is 0 Å². The Labute approximate surface area is 113 Å². The van der Waals surface area contributed by atoms with Crippen molar-refractivity contribution in [1.82, 2.24) is 4.90 Å². The Kier molecular flexibility index (Phi) is 2.93. The molecule has 3 nitrogen and oxygen atoms in total. The van der Waals surface area contributed by atoms with Crippen LogP contribution in [0, 0.1) is 10.8 Å². The molecular weight excluding hydrogens is 252 g/mol. The fraction of sp³-hybridized carbons (Fsp3) is 0.929. The minimum Gasteiger partial charge on any atom is -0.444 e. The molecule has 1 heterocycles. The van der Waals surface area contributed by atoms with Crippen molar-refractivity contribution in [2.24, 2.45) is 10.8 Å². The van der Waals surface area contributed by atoms with Crippen molar-refractivity contribution in [3.63, 3.8) is 0 Å². The number of rotatable bonds is 0. The second-order valence-corrected chi connectivity index (χ2v) is 7.50. The van der Waals surface area contributed by atoms with E-state index in [0.29, 0.717) is 19.5 Å². The lowest BCUT2D eigenvalue weighted by atomic mass is 9.70. The number of ether oxygens (including phenoxy) is 1. The first kappa shape index (κ1) is 14.5. The predicted molar refractivity (Wildman–Crippen MR) is 68.2 cm³/mol. The highest BCUT2D eigenvalue weighted by Gasteiger charge is 2.77. The molecule has 0 aromatic carbocycles. The average molecular weight is 275 g/mol. The summed E-state index contributed by atoms with van der Waals surface area (Å²) in [4.78, 5) is 13.6. The molecule has 0 bridgehead atoms. The summed E-state index contributed by atoms with van der Waals surface area (Å²) in [6.07, 6.45) is -0.0964. The highest BCUT2D eigenvalue weighted by Crippen LogP contribution is 2.72. The van der Waals surface area contributed by atoms with E-state index in [1.165, 1.54) is 0 Å². The maximum Gasteiger partial charge on any atom is 0.410 e. The number of nitrogens with zero attached hydrogens (tertiary/aromatic N) is 1. The summed E-state index contributed by atoms with van der Waals surface area (Å²) >= 11 is 0. The number of alkyl halides is 2. The number of carbonyl (C=O) groups is 1. The Morgan fingerprint density at radius 2 is 1.79 bits per heavy atom. The van der Waals surface area contributed by atoms with E-state index >= 15 is 0 Å². The molecule has 0 radical (unpaired) electrons. The van der Waals surface area contributed by atoms with Crippen LogP contribution in [0.4, 0.5) is 13.6 Å². The van der Waals surface area contributed by atoms with Crippen molar-refractivity contribution in [3.8, 4) is 0 Å². The molecule has 1 aliphatic carbocycles. The number of amides is 1. The minimum atomic E-state index is -2.57. The van der Waals surface area contributed by atoms with Crippen LogP contribution in [0.2, 0.25) is 0 Å². The summed E-state index contributed by atoms with van der Waals surface area (Å²) in [5.74, 6) is -2.57. The van der Waals surface area contributed by atoms with Gasteiger partial charge in [-0.15, -0.1) is 0 Å². The van der Waals surface area contributed by atoms with Crippen molar-refractivity contribution in [3.05, 3.63) is 0 Å².